The van der Waals surface area contributed by atoms with Crippen LogP contribution in [0.25, 0.3) is 22.4 Å². The van der Waals surface area contributed by atoms with E-state index in [1.165, 1.54) is 12.8 Å². The third-order valence-electron chi connectivity index (χ3n) is 6.94. The standard InChI is InChI=1S/C27H31ClN4O/c1-31-14-11-22(12-15-31)29-13-10-23-18-30-27(33)25-17-24(20-8-5-9-21(28)16-20)26(32(23)25)19-6-3-2-4-7-19/h2-9,16-17,22-23,29H,10-15,18H2,1H3,(H,30,33). The molecule has 2 aliphatic heterocycles. The third-order valence-corrected chi connectivity index (χ3v) is 7.18. The summed E-state index contributed by atoms with van der Waals surface area (Å²) < 4.78 is 2.26. The van der Waals surface area contributed by atoms with Crippen LogP contribution in [0.2, 0.25) is 5.02 Å². The van der Waals surface area contributed by atoms with Crippen molar-refractivity contribution < 1.29 is 4.79 Å². The van der Waals surface area contributed by atoms with E-state index in [4.69, 9.17) is 11.6 Å². The van der Waals surface area contributed by atoms with E-state index in [0.29, 0.717) is 17.6 Å². The molecule has 1 unspecified atom stereocenters. The average Bonchev–Trinajstić information content (AvgIpc) is 3.24. The van der Waals surface area contributed by atoms with Crippen LogP contribution >= 0.6 is 11.6 Å². The fraction of sp³-hybridized carbons (Fsp3) is 0.370. The van der Waals surface area contributed by atoms with E-state index >= 15 is 0 Å². The Morgan fingerprint density at radius 2 is 1.79 bits per heavy atom. The first-order chi connectivity index (χ1) is 16.1. The van der Waals surface area contributed by atoms with Crippen molar-refractivity contribution in [1.29, 1.82) is 0 Å². The minimum absolute atomic E-state index is 0.0139. The topological polar surface area (TPSA) is 49.3 Å². The van der Waals surface area contributed by atoms with Crippen molar-refractivity contribution in [3.63, 3.8) is 0 Å². The molecule has 0 bridgehead atoms. The number of nitrogens with zero attached hydrogens (tertiary/aromatic N) is 2. The van der Waals surface area contributed by atoms with Gasteiger partial charge in [0.1, 0.15) is 5.69 Å². The number of nitrogens with one attached hydrogen (secondary N) is 2. The monoisotopic (exact) mass is 462 g/mol. The quantitative estimate of drug-likeness (QED) is 0.551. The molecule has 0 radical (unpaired) electrons. The Morgan fingerprint density at radius 3 is 2.55 bits per heavy atom. The molecule has 172 valence electrons. The molecule has 0 spiro atoms. The van der Waals surface area contributed by atoms with Crippen LogP contribution in [0.1, 0.15) is 35.8 Å². The van der Waals surface area contributed by atoms with Gasteiger partial charge >= 0.3 is 0 Å². The first-order valence-electron chi connectivity index (χ1n) is 11.9. The second-order valence-corrected chi connectivity index (χ2v) is 9.66. The zero-order valence-corrected chi connectivity index (χ0v) is 19.8. The molecule has 33 heavy (non-hydrogen) atoms. The number of rotatable bonds is 6. The van der Waals surface area contributed by atoms with Gasteiger partial charge in [-0.1, -0.05) is 54.1 Å². The molecule has 2 aliphatic rings. The summed E-state index contributed by atoms with van der Waals surface area (Å²) in [6.07, 6.45) is 3.35. The summed E-state index contributed by atoms with van der Waals surface area (Å²) in [6, 6.07) is 21.1. The van der Waals surface area contributed by atoms with E-state index in [1.54, 1.807) is 0 Å². The molecule has 1 aromatic heterocycles. The molecular weight excluding hydrogens is 432 g/mol. The van der Waals surface area contributed by atoms with Crippen molar-refractivity contribution >= 4 is 17.5 Å². The number of aromatic nitrogens is 1. The van der Waals surface area contributed by atoms with Gasteiger partial charge in [0, 0.05) is 23.2 Å². The van der Waals surface area contributed by atoms with E-state index in [1.807, 2.05) is 30.3 Å². The number of hydrogen-bond acceptors (Lipinski definition) is 3. The first kappa shape index (κ1) is 22.2. The number of likely N-dealkylation sites (tertiary alicyclic amines) is 1. The van der Waals surface area contributed by atoms with E-state index in [0.717, 1.165) is 54.1 Å². The van der Waals surface area contributed by atoms with Crippen LogP contribution in [0.15, 0.2) is 60.7 Å². The maximum absolute atomic E-state index is 12.9. The number of carbonyl (C=O) groups is 1. The summed E-state index contributed by atoms with van der Waals surface area (Å²) in [6.45, 7) is 3.89. The molecule has 0 saturated carbocycles. The number of fused-ring (bicyclic) bond motifs is 1. The number of halogens is 1. The second kappa shape index (κ2) is 9.72. The molecule has 2 N–H and O–H groups in total. The molecule has 1 fully saturated rings. The molecule has 1 saturated heterocycles. The van der Waals surface area contributed by atoms with Crippen LogP contribution in [0.4, 0.5) is 0 Å². The highest BCUT2D eigenvalue weighted by Crippen LogP contribution is 2.39. The summed E-state index contributed by atoms with van der Waals surface area (Å²) in [4.78, 5) is 15.3. The lowest BCUT2D eigenvalue weighted by Crippen LogP contribution is -2.43. The SMILES string of the molecule is CN1CCC(NCCC2CNC(=O)c3cc(-c4cccc(Cl)c4)c(-c4ccccc4)n32)CC1. The van der Waals surface area contributed by atoms with E-state index in [-0.39, 0.29) is 11.9 Å². The van der Waals surface area contributed by atoms with Crippen LogP contribution in [-0.4, -0.2) is 54.6 Å². The highest BCUT2D eigenvalue weighted by atomic mass is 35.5. The second-order valence-electron chi connectivity index (χ2n) is 9.22. The lowest BCUT2D eigenvalue weighted by atomic mass is 10.0. The summed E-state index contributed by atoms with van der Waals surface area (Å²) in [5, 5.41) is 7.58. The van der Waals surface area contributed by atoms with Crippen LogP contribution in [0.3, 0.4) is 0 Å². The van der Waals surface area contributed by atoms with Crippen LogP contribution in [0, 0.1) is 0 Å². The Balaban J connectivity index is 1.48. The van der Waals surface area contributed by atoms with E-state index in [9.17, 15) is 4.79 Å². The minimum Gasteiger partial charge on any atom is -0.349 e. The largest absolute Gasteiger partial charge is 0.349 e. The van der Waals surface area contributed by atoms with Gasteiger partial charge in [0.25, 0.3) is 5.91 Å². The van der Waals surface area contributed by atoms with Crippen LogP contribution < -0.4 is 10.6 Å². The molecule has 3 aromatic rings. The number of benzene rings is 2. The lowest BCUT2D eigenvalue weighted by molar-refractivity contribution is 0.0913. The molecular formula is C27H31ClN4O. The molecule has 0 aliphatic carbocycles. The molecule has 2 aromatic carbocycles. The molecule has 5 nitrogen and oxygen atoms in total. The van der Waals surface area contributed by atoms with Gasteiger partial charge in [-0.3, -0.25) is 4.79 Å². The van der Waals surface area contributed by atoms with E-state index in [2.05, 4.69) is 57.5 Å². The van der Waals surface area contributed by atoms with Gasteiger partial charge in [0.05, 0.1) is 11.7 Å². The van der Waals surface area contributed by atoms with Crippen molar-refractivity contribution in [2.45, 2.75) is 31.3 Å². The van der Waals surface area contributed by atoms with Crippen molar-refractivity contribution in [1.82, 2.24) is 20.1 Å². The predicted molar refractivity (Wildman–Crippen MR) is 135 cm³/mol. The lowest BCUT2D eigenvalue weighted by Gasteiger charge is -2.32. The Kier molecular flexibility index (Phi) is 6.54. The summed E-state index contributed by atoms with van der Waals surface area (Å²) in [7, 11) is 2.19. The van der Waals surface area contributed by atoms with Crippen LogP contribution in [0.5, 0.6) is 0 Å². The van der Waals surface area contributed by atoms with Gasteiger partial charge in [-0.05, 0) is 75.3 Å². The smallest absolute Gasteiger partial charge is 0.268 e. The van der Waals surface area contributed by atoms with Gasteiger partial charge < -0.3 is 20.1 Å². The average molecular weight is 463 g/mol. The first-order valence-corrected chi connectivity index (χ1v) is 12.2. The third kappa shape index (κ3) is 4.72. The highest BCUT2D eigenvalue weighted by Gasteiger charge is 2.30. The highest BCUT2D eigenvalue weighted by molar-refractivity contribution is 6.30. The van der Waals surface area contributed by atoms with Gasteiger partial charge in [-0.15, -0.1) is 0 Å². The number of piperidine rings is 1. The minimum atomic E-state index is -0.0139. The molecule has 3 heterocycles. The maximum Gasteiger partial charge on any atom is 0.268 e. The summed E-state index contributed by atoms with van der Waals surface area (Å²) >= 11 is 6.33. The zero-order valence-electron chi connectivity index (χ0n) is 19.1. The number of hydrogen-bond donors (Lipinski definition) is 2. The summed E-state index contributed by atoms with van der Waals surface area (Å²) in [5.74, 6) is -0.0139. The maximum atomic E-state index is 12.9. The van der Waals surface area contributed by atoms with Crippen LogP contribution in [-0.2, 0) is 0 Å². The molecule has 1 amide bonds. The van der Waals surface area contributed by atoms with Gasteiger partial charge in [0.2, 0.25) is 0 Å². The van der Waals surface area contributed by atoms with Gasteiger partial charge in [-0.2, -0.15) is 0 Å². The van der Waals surface area contributed by atoms with Gasteiger partial charge in [0.15, 0.2) is 0 Å². The number of carbonyl (C=O) groups excluding carboxylic acids is 1. The van der Waals surface area contributed by atoms with Crippen molar-refractivity contribution in [3.8, 4) is 22.4 Å². The van der Waals surface area contributed by atoms with Crippen molar-refractivity contribution in [3.05, 3.63) is 71.4 Å². The fourth-order valence-electron chi connectivity index (χ4n) is 5.14. The molecule has 5 rings (SSSR count). The fourth-order valence-corrected chi connectivity index (χ4v) is 5.33. The Labute approximate surface area is 200 Å². The Bertz CT molecular complexity index is 1120. The molecule has 6 heteroatoms. The van der Waals surface area contributed by atoms with E-state index < -0.39 is 0 Å². The number of amides is 1. The van der Waals surface area contributed by atoms with Crippen molar-refractivity contribution in [2.75, 3.05) is 33.2 Å². The normalized spacial score (nSPS) is 19.3. The Morgan fingerprint density at radius 1 is 1.03 bits per heavy atom. The van der Waals surface area contributed by atoms with Crippen molar-refractivity contribution in [2.24, 2.45) is 0 Å². The summed E-state index contributed by atoms with van der Waals surface area (Å²) in [5.41, 5.74) is 5.00. The Hall–Kier alpha value is -2.60. The predicted octanol–water partition coefficient (Wildman–Crippen LogP) is 4.83. The van der Waals surface area contributed by atoms with Gasteiger partial charge in [-0.25, -0.2) is 0 Å². The zero-order chi connectivity index (χ0) is 22.8. The molecule has 1 atom stereocenters.